The van der Waals surface area contributed by atoms with Gasteiger partial charge >= 0.3 is 6.18 Å². The van der Waals surface area contributed by atoms with Gasteiger partial charge in [0.05, 0.1) is 5.56 Å². The number of hydrogen-bond acceptors (Lipinski definition) is 1. The number of allylic oxidation sites excluding steroid dienone is 2. The molecule has 2 aromatic rings. The molecule has 2 aliphatic rings. The standard InChI is InChI=1S/C28H31ClF3N/c29-25-12-10-22(11-13-25)8-9-23-14-15-27(21-23)16-19-33(20-17-27)18-4-3-6-24-5-1-2-7-26(24)28(30,31)32/h1-3,5-7,10-14H,4,8-9,15-21H2/b6-3+. The maximum Gasteiger partial charge on any atom is 0.416 e. The largest absolute Gasteiger partial charge is 0.416 e. The molecule has 0 N–H and O–H groups in total. The van der Waals surface area contributed by atoms with E-state index in [1.165, 1.54) is 43.4 Å². The Morgan fingerprint density at radius 2 is 1.70 bits per heavy atom. The fraction of sp³-hybridized carbons (Fsp3) is 0.429. The molecule has 1 saturated heterocycles. The Hall–Kier alpha value is -2.04. The molecule has 1 aliphatic heterocycles. The van der Waals surface area contributed by atoms with E-state index in [-0.39, 0.29) is 5.56 Å². The van der Waals surface area contributed by atoms with Crippen LogP contribution in [-0.4, -0.2) is 24.5 Å². The molecule has 4 rings (SSSR count). The number of benzene rings is 2. The Morgan fingerprint density at radius 1 is 0.970 bits per heavy atom. The van der Waals surface area contributed by atoms with Crippen molar-refractivity contribution in [1.29, 1.82) is 0 Å². The van der Waals surface area contributed by atoms with Crippen LogP contribution in [0.15, 0.2) is 66.3 Å². The van der Waals surface area contributed by atoms with Crippen LogP contribution in [0.5, 0.6) is 0 Å². The molecule has 0 atom stereocenters. The number of halogens is 4. The van der Waals surface area contributed by atoms with Crippen molar-refractivity contribution in [3.63, 3.8) is 0 Å². The molecule has 0 bridgehead atoms. The fourth-order valence-electron chi connectivity index (χ4n) is 5.13. The molecular weight excluding hydrogens is 443 g/mol. The zero-order valence-corrected chi connectivity index (χ0v) is 19.6. The summed E-state index contributed by atoms with van der Waals surface area (Å²) in [7, 11) is 0. The first-order valence-corrected chi connectivity index (χ1v) is 12.2. The lowest BCUT2D eigenvalue weighted by atomic mass is 9.75. The minimum absolute atomic E-state index is 0.241. The molecule has 1 nitrogen and oxygen atoms in total. The highest BCUT2D eigenvalue weighted by Crippen LogP contribution is 2.46. The Balaban J connectivity index is 1.19. The van der Waals surface area contributed by atoms with Crippen LogP contribution in [0.4, 0.5) is 13.2 Å². The van der Waals surface area contributed by atoms with E-state index >= 15 is 0 Å². The van der Waals surface area contributed by atoms with E-state index < -0.39 is 11.7 Å². The van der Waals surface area contributed by atoms with Crippen LogP contribution in [0.25, 0.3) is 6.08 Å². The second-order valence-corrected chi connectivity index (χ2v) is 9.92. The molecule has 1 fully saturated rings. The summed E-state index contributed by atoms with van der Waals surface area (Å²) in [4.78, 5) is 2.46. The predicted octanol–water partition coefficient (Wildman–Crippen LogP) is 8.20. The number of rotatable bonds is 7. The third kappa shape index (κ3) is 6.51. The van der Waals surface area contributed by atoms with Crippen LogP contribution >= 0.6 is 11.6 Å². The third-order valence-corrected chi connectivity index (χ3v) is 7.42. The average Bonchev–Trinajstić information content (AvgIpc) is 3.20. The first kappa shape index (κ1) is 24.1. The summed E-state index contributed by atoms with van der Waals surface area (Å²) in [6.07, 6.45) is 9.40. The summed E-state index contributed by atoms with van der Waals surface area (Å²) in [5.41, 5.74) is 3.02. The van der Waals surface area contributed by atoms with Gasteiger partial charge < -0.3 is 4.90 Å². The van der Waals surface area contributed by atoms with Gasteiger partial charge in [-0.15, -0.1) is 0 Å². The molecule has 1 heterocycles. The molecule has 1 aliphatic carbocycles. The molecule has 0 amide bonds. The van der Waals surface area contributed by atoms with Crippen molar-refractivity contribution in [3.8, 4) is 0 Å². The Morgan fingerprint density at radius 3 is 2.42 bits per heavy atom. The summed E-state index contributed by atoms with van der Waals surface area (Å²) >= 11 is 5.98. The van der Waals surface area contributed by atoms with Crippen LogP contribution < -0.4 is 0 Å². The smallest absolute Gasteiger partial charge is 0.303 e. The number of nitrogens with zero attached hydrogens (tertiary/aromatic N) is 1. The average molecular weight is 474 g/mol. The van der Waals surface area contributed by atoms with E-state index in [9.17, 15) is 13.2 Å². The minimum Gasteiger partial charge on any atom is -0.303 e. The normalized spacial score (nSPS) is 18.8. The van der Waals surface area contributed by atoms with E-state index in [0.29, 0.717) is 5.41 Å². The second-order valence-electron chi connectivity index (χ2n) is 9.49. The number of aryl methyl sites for hydroxylation is 1. The Labute approximate surface area is 199 Å². The third-order valence-electron chi connectivity index (χ3n) is 7.17. The lowest BCUT2D eigenvalue weighted by Gasteiger charge is -2.39. The van der Waals surface area contributed by atoms with Gasteiger partial charge in [0.1, 0.15) is 0 Å². The molecule has 0 aromatic heterocycles. The maximum atomic E-state index is 13.1. The minimum atomic E-state index is -4.31. The zero-order valence-electron chi connectivity index (χ0n) is 18.9. The summed E-state index contributed by atoms with van der Waals surface area (Å²) in [5, 5.41) is 0.783. The monoisotopic (exact) mass is 473 g/mol. The van der Waals surface area contributed by atoms with Gasteiger partial charge in [-0.25, -0.2) is 0 Å². The lowest BCUT2D eigenvalue weighted by Crippen LogP contribution is -2.39. The summed E-state index contributed by atoms with van der Waals surface area (Å²) < 4.78 is 39.4. The first-order chi connectivity index (χ1) is 15.8. The fourth-order valence-corrected chi connectivity index (χ4v) is 5.26. The highest BCUT2D eigenvalue weighted by molar-refractivity contribution is 6.30. The Kier molecular flexibility index (Phi) is 7.65. The van der Waals surface area contributed by atoms with Crippen LogP contribution in [0.1, 0.15) is 55.2 Å². The maximum absolute atomic E-state index is 13.1. The summed E-state index contributed by atoms with van der Waals surface area (Å²) in [6.45, 7) is 3.05. The van der Waals surface area contributed by atoms with Gasteiger partial charge in [0.15, 0.2) is 0 Å². The van der Waals surface area contributed by atoms with Gasteiger partial charge in [0, 0.05) is 11.6 Å². The van der Waals surface area contributed by atoms with Gasteiger partial charge in [0.25, 0.3) is 0 Å². The molecule has 176 valence electrons. The van der Waals surface area contributed by atoms with Crippen molar-refractivity contribution in [1.82, 2.24) is 4.90 Å². The highest BCUT2D eigenvalue weighted by atomic mass is 35.5. The lowest BCUT2D eigenvalue weighted by molar-refractivity contribution is -0.137. The molecular formula is C28H31ClF3N. The van der Waals surface area contributed by atoms with Gasteiger partial charge in [-0.2, -0.15) is 13.2 Å². The van der Waals surface area contributed by atoms with Gasteiger partial charge in [-0.1, -0.05) is 65.7 Å². The van der Waals surface area contributed by atoms with Crippen LogP contribution in [0, 0.1) is 5.41 Å². The highest BCUT2D eigenvalue weighted by Gasteiger charge is 2.37. The molecule has 1 spiro atoms. The zero-order chi connectivity index (χ0) is 23.3. The molecule has 0 unspecified atom stereocenters. The molecule has 0 saturated carbocycles. The summed E-state index contributed by atoms with van der Waals surface area (Å²) in [5.74, 6) is 0. The first-order valence-electron chi connectivity index (χ1n) is 11.8. The molecule has 0 radical (unpaired) electrons. The van der Waals surface area contributed by atoms with Gasteiger partial charge in [-0.05, 0) is 92.8 Å². The van der Waals surface area contributed by atoms with E-state index in [2.05, 4.69) is 23.1 Å². The molecule has 33 heavy (non-hydrogen) atoms. The van der Waals surface area contributed by atoms with Gasteiger partial charge in [0.2, 0.25) is 0 Å². The van der Waals surface area contributed by atoms with Crippen molar-refractivity contribution in [3.05, 3.63) is 88.0 Å². The molecule has 2 aromatic carbocycles. The van der Waals surface area contributed by atoms with Crippen molar-refractivity contribution in [2.24, 2.45) is 5.41 Å². The van der Waals surface area contributed by atoms with Crippen LogP contribution in [0.2, 0.25) is 5.02 Å². The van der Waals surface area contributed by atoms with Crippen molar-refractivity contribution >= 4 is 17.7 Å². The van der Waals surface area contributed by atoms with E-state index in [1.807, 2.05) is 18.2 Å². The van der Waals surface area contributed by atoms with Crippen LogP contribution in [-0.2, 0) is 12.6 Å². The predicted molar refractivity (Wildman–Crippen MR) is 130 cm³/mol. The number of likely N-dealkylation sites (tertiary alicyclic amines) is 1. The van der Waals surface area contributed by atoms with E-state index in [0.717, 1.165) is 50.0 Å². The van der Waals surface area contributed by atoms with Crippen molar-refractivity contribution < 1.29 is 13.2 Å². The number of alkyl halides is 3. The second kappa shape index (κ2) is 10.5. The number of piperidine rings is 1. The SMILES string of the molecule is FC(F)(F)c1ccccc1/C=C/CCN1CCC2(CC=C(CCc3ccc(Cl)cc3)C2)CC1. The van der Waals surface area contributed by atoms with E-state index in [4.69, 9.17) is 11.6 Å². The number of hydrogen-bond donors (Lipinski definition) is 0. The van der Waals surface area contributed by atoms with Crippen molar-refractivity contribution in [2.75, 3.05) is 19.6 Å². The van der Waals surface area contributed by atoms with Gasteiger partial charge in [-0.3, -0.25) is 0 Å². The van der Waals surface area contributed by atoms with Crippen molar-refractivity contribution in [2.45, 2.75) is 51.1 Å². The van der Waals surface area contributed by atoms with E-state index in [1.54, 1.807) is 17.7 Å². The van der Waals surface area contributed by atoms with Crippen LogP contribution in [0.3, 0.4) is 0 Å². The topological polar surface area (TPSA) is 3.24 Å². The summed E-state index contributed by atoms with van der Waals surface area (Å²) in [6, 6.07) is 13.9. The Bertz CT molecular complexity index is 983. The molecule has 5 heteroatoms. The quantitative estimate of drug-likeness (QED) is 0.366.